The molecule has 2 heterocycles. The standard InChI is InChI=1S/C19H13ClFN3O/c20-15-11-12(21)8-9-16(15)23-18-17-14(7-4-10-22-17)19(25)24(18)13-5-2-1-3-6-13/h1-11,18,23H/t18-/m0/s1. The summed E-state index contributed by atoms with van der Waals surface area (Å²) in [5.74, 6) is -0.568. The fraction of sp³-hybridized carbons (Fsp3) is 0.0526. The van der Waals surface area contributed by atoms with E-state index in [1.165, 1.54) is 12.1 Å². The molecule has 6 heteroatoms. The van der Waals surface area contributed by atoms with Crippen LogP contribution in [0.4, 0.5) is 15.8 Å². The van der Waals surface area contributed by atoms with Crippen LogP contribution < -0.4 is 10.2 Å². The maximum absolute atomic E-state index is 13.3. The molecule has 1 N–H and O–H groups in total. The Hall–Kier alpha value is -2.92. The van der Waals surface area contributed by atoms with Gasteiger partial charge < -0.3 is 5.32 Å². The number of hydrogen-bond acceptors (Lipinski definition) is 3. The molecule has 124 valence electrons. The van der Waals surface area contributed by atoms with Crippen molar-refractivity contribution in [1.29, 1.82) is 0 Å². The number of rotatable bonds is 3. The first-order valence-electron chi connectivity index (χ1n) is 7.70. The van der Waals surface area contributed by atoms with Gasteiger partial charge in [-0.1, -0.05) is 29.8 Å². The van der Waals surface area contributed by atoms with E-state index in [9.17, 15) is 9.18 Å². The molecule has 0 saturated carbocycles. The molecule has 0 spiro atoms. The van der Waals surface area contributed by atoms with Gasteiger partial charge in [0.15, 0.2) is 6.17 Å². The van der Waals surface area contributed by atoms with Gasteiger partial charge in [-0.15, -0.1) is 0 Å². The third-order valence-corrected chi connectivity index (χ3v) is 4.38. The Bertz CT molecular complexity index is 948. The lowest BCUT2D eigenvalue weighted by molar-refractivity contribution is 0.0993. The summed E-state index contributed by atoms with van der Waals surface area (Å²) in [5.41, 5.74) is 2.40. The van der Waals surface area contributed by atoms with Crippen molar-refractivity contribution in [2.45, 2.75) is 6.17 Å². The van der Waals surface area contributed by atoms with Crippen LogP contribution in [0.1, 0.15) is 22.2 Å². The molecule has 4 rings (SSSR count). The maximum Gasteiger partial charge on any atom is 0.262 e. The van der Waals surface area contributed by atoms with E-state index in [0.29, 0.717) is 16.9 Å². The molecule has 0 fully saturated rings. The maximum atomic E-state index is 13.3. The predicted octanol–water partition coefficient (Wildman–Crippen LogP) is 4.65. The van der Waals surface area contributed by atoms with Gasteiger partial charge in [0.1, 0.15) is 5.82 Å². The number of nitrogens with one attached hydrogen (secondary N) is 1. The van der Waals surface area contributed by atoms with Gasteiger partial charge in [0.05, 0.1) is 22.0 Å². The molecule has 0 bridgehead atoms. The number of carbonyl (C=O) groups is 1. The second-order valence-corrected chi connectivity index (χ2v) is 6.03. The Labute approximate surface area is 148 Å². The van der Waals surface area contributed by atoms with Gasteiger partial charge in [-0.2, -0.15) is 0 Å². The van der Waals surface area contributed by atoms with Crippen LogP contribution in [-0.2, 0) is 0 Å². The van der Waals surface area contributed by atoms with E-state index < -0.39 is 12.0 Å². The number of pyridine rings is 1. The minimum atomic E-state index is -0.533. The average molecular weight is 354 g/mol. The minimum absolute atomic E-state index is 0.148. The Morgan fingerprint density at radius 1 is 1.08 bits per heavy atom. The summed E-state index contributed by atoms with van der Waals surface area (Å²) in [7, 11) is 0. The van der Waals surface area contributed by atoms with Gasteiger partial charge >= 0.3 is 0 Å². The van der Waals surface area contributed by atoms with Crippen LogP contribution in [0, 0.1) is 5.82 Å². The van der Waals surface area contributed by atoms with Crippen LogP contribution in [0.3, 0.4) is 0 Å². The fourth-order valence-corrected chi connectivity index (χ4v) is 3.15. The van der Waals surface area contributed by atoms with Gasteiger partial charge in [0.2, 0.25) is 0 Å². The number of halogens is 2. The first kappa shape index (κ1) is 15.6. The number of carbonyl (C=O) groups excluding carboxylic acids is 1. The molecule has 1 amide bonds. The molecule has 0 radical (unpaired) electrons. The lowest BCUT2D eigenvalue weighted by Gasteiger charge is -2.27. The van der Waals surface area contributed by atoms with Crippen molar-refractivity contribution < 1.29 is 9.18 Å². The topological polar surface area (TPSA) is 45.2 Å². The molecular weight excluding hydrogens is 341 g/mol. The van der Waals surface area contributed by atoms with Crippen LogP contribution in [0.5, 0.6) is 0 Å². The normalized spacial score (nSPS) is 16.0. The number of nitrogens with zero attached hydrogens (tertiary/aromatic N) is 2. The number of benzene rings is 2. The molecule has 4 nitrogen and oxygen atoms in total. The second-order valence-electron chi connectivity index (χ2n) is 5.62. The summed E-state index contributed by atoms with van der Waals surface area (Å²) in [4.78, 5) is 18.9. The third kappa shape index (κ3) is 2.72. The van der Waals surface area contributed by atoms with E-state index in [0.717, 1.165) is 5.69 Å². The molecule has 1 aliphatic heterocycles. The van der Waals surface area contributed by atoms with E-state index >= 15 is 0 Å². The Morgan fingerprint density at radius 2 is 1.88 bits per heavy atom. The summed E-state index contributed by atoms with van der Waals surface area (Å²) < 4.78 is 13.3. The summed E-state index contributed by atoms with van der Waals surface area (Å²) in [6.07, 6.45) is 1.11. The number of aromatic nitrogens is 1. The Morgan fingerprint density at radius 3 is 2.64 bits per heavy atom. The number of fused-ring (bicyclic) bond motifs is 1. The molecule has 1 aliphatic rings. The molecule has 0 unspecified atom stereocenters. The van der Waals surface area contributed by atoms with E-state index in [1.54, 1.807) is 29.3 Å². The molecule has 3 aromatic rings. The highest BCUT2D eigenvalue weighted by atomic mass is 35.5. The quantitative estimate of drug-likeness (QED) is 0.745. The highest BCUT2D eigenvalue weighted by Crippen LogP contribution is 2.38. The van der Waals surface area contributed by atoms with Crippen LogP contribution in [0.2, 0.25) is 5.02 Å². The van der Waals surface area contributed by atoms with Gasteiger partial charge in [-0.3, -0.25) is 14.7 Å². The zero-order chi connectivity index (χ0) is 17.4. The molecular formula is C19H13ClFN3O. The van der Waals surface area contributed by atoms with Crippen LogP contribution in [-0.4, -0.2) is 10.9 Å². The molecule has 1 atom stereocenters. The third-order valence-electron chi connectivity index (χ3n) is 4.06. The van der Waals surface area contributed by atoms with Crippen molar-refractivity contribution in [2.75, 3.05) is 10.2 Å². The van der Waals surface area contributed by atoms with Crippen molar-refractivity contribution in [3.8, 4) is 0 Å². The van der Waals surface area contributed by atoms with E-state index in [1.807, 2.05) is 30.3 Å². The molecule has 25 heavy (non-hydrogen) atoms. The number of para-hydroxylation sites is 1. The van der Waals surface area contributed by atoms with Crippen molar-refractivity contribution in [2.24, 2.45) is 0 Å². The Balaban J connectivity index is 1.80. The molecule has 1 aromatic heterocycles. The van der Waals surface area contributed by atoms with Crippen molar-refractivity contribution in [3.05, 3.63) is 89.0 Å². The summed E-state index contributed by atoms with van der Waals surface area (Å²) in [6, 6.07) is 16.9. The van der Waals surface area contributed by atoms with Crippen molar-refractivity contribution in [1.82, 2.24) is 4.98 Å². The average Bonchev–Trinajstić information content (AvgIpc) is 2.91. The molecule has 2 aromatic carbocycles. The first-order chi connectivity index (χ1) is 12.1. The van der Waals surface area contributed by atoms with Crippen LogP contribution in [0.25, 0.3) is 0 Å². The van der Waals surface area contributed by atoms with Gasteiger partial charge in [0.25, 0.3) is 5.91 Å². The SMILES string of the molecule is O=C1c2cccnc2[C@@H](Nc2ccc(F)cc2Cl)N1c1ccccc1. The highest BCUT2D eigenvalue weighted by Gasteiger charge is 2.39. The zero-order valence-electron chi connectivity index (χ0n) is 13.0. The van der Waals surface area contributed by atoms with Gasteiger partial charge in [-0.25, -0.2) is 4.39 Å². The molecule has 0 saturated heterocycles. The molecule has 0 aliphatic carbocycles. The number of hydrogen-bond donors (Lipinski definition) is 1. The summed E-state index contributed by atoms with van der Waals surface area (Å²) >= 11 is 6.14. The summed E-state index contributed by atoms with van der Waals surface area (Å²) in [6.45, 7) is 0. The smallest absolute Gasteiger partial charge is 0.262 e. The minimum Gasteiger partial charge on any atom is -0.359 e. The number of amides is 1. The zero-order valence-corrected chi connectivity index (χ0v) is 13.7. The van der Waals surface area contributed by atoms with E-state index in [-0.39, 0.29) is 10.9 Å². The first-order valence-corrected chi connectivity index (χ1v) is 8.08. The largest absolute Gasteiger partial charge is 0.359 e. The van der Waals surface area contributed by atoms with Crippen LogP contribution >= 0.6 is 11.6 Å². The number of anilines is 2. The van der Waals surface area contributed by atoms with E-state index in [4.69, 9.17) is 11.6 Å². The van der Waals surface area contributed by atoms with Crippen LogP contribution in [0.15, 0.2) is 66.9 Å². The predicted molar refractivity (Wildman–Crippen MR) is 95.3 cm³/mol. The van der Waals surface area contributed by atoms with Gasteiger partial charge in [-0.05, 0) is 42.5 Å². The van der Waals surface area contributed by atoms with Crippen molar-refractivity contribution >= 4 is 28.9 Å². The fourth-order valence-electron chi connectivity index (χ4n) is 2.93. The Kier molecular flexibility index (Phi) is 3.86. The van der Waals surface area contributed by atoms with E-state index in [2.05, 4.69) is 10.3 Å². The van der Waals surface area contributed by atoms with Crippen molar-refractivity contribution in [3.63, 3.8) is 0 Å². The summed E-state index contributed by atoms with van der Waals surface area (Å²) in [5, 5.41) is 3.46. The lowest BCUT2D eigenvalue weighted by Crippen LogP contribution is -2.32. The second kappa shape index (κ2) is 6.18. The lowest BCUT2D eigenvalue weighted by atomic mass is 10.2. The van der Waals surface area contributed by atoms with Gasteiger partial charge in [0, 0.05) is 11.9 Å². The highest BCUT2D eigenvalue weighted by molar-refractivity contribution is 6.33. The monoisotopic (exact) mass is 353 g/mol.